The summed E-state index contributed by atoms with van der Waals surface area (Å²) in [6.45, 7) is 8.55. The first kappa shape index (κ1) is 18.4. The van der Waals surface area contributed by atoms with Gasteiger partial charge in [0.05, 0.1) is 0 Å². The summed E-state index contributed by atoms with van der Waals surface area (Å²) in [6.07, 6.45) is 5.28. The van der Waals surface area contributed by atoms with Crippen molar-refractivity contribution in [3.8, 4) is 0 Å². The van der Waals surface area contributed by atoms with E-state index in [9.17, 15) is 4.79 Å². The van der Waals surface area contributed by atoms with E-state index >= 15 is 0 Å². The molecule has 0 aromatic heterocycles. The second kappa shape index (κ2) is 11.2. The lowest BCUT2D eigenvalue weighted by atomic mass is 10.1. The number of methoxy groups -OCH3 is 1. The minimum absolute atomic E-state index is 0.00473. The van der Waals surface area contributed by atoms with E-state index in [0.717, 1.165) is 12.8 Å². The summed E-state index contributed by atoms with van der Waals surface area (Å²) in [4.78, 5) is 11.8. The lowest BCUT2D eigenvalue weighted by Gasteiger charge is -2.27. The van der Waals surface area contributed by atoms with Crippen LogP contribution in [0, 0.1) is 5.92 Å². The fourth-order valence-corrected chi connectivity index (χ4v) is 1.92. The fraction of sp³-hybridized carbons (Fsp3) is 0.933. The monoisotopic (exact) mass is 273 g/mol. The molecule has 0 aliphatic heterocycles. The third kappa shape index (κ3) is 8.22. The zero-order chi connectivity index (χ0) is 14.7. The van der Waals surface area contributed by atoms with E-state index in [-0.39, 0.29) is 24.2 Å². The van der Waals surface area contributed by atoms with Gasteiger partial charge in [-0.05, 0) is 13.3 Å². The van der Waals surface area contributed by atoms with E-state index in [1.807, 2.05) is 20.8 Å². The van der Waals surface area contributed by atoms with E-state index in [4.69, 9.17) is 9.47 Å². The minimum atomic E-state index is -0.350. The molecular weight excluding hydrogens is 242 g/mol. The van der Waals surface area contributed by atoms with Gasteiger partial charge in [-0.15, -0.1) is 0 Å². The number of amides is 1. The zero-order valence-electron chi connectivity index (χ0n) is 13.2. The summed E-state index contributed by atoms with van der Waals surface area (Å²) >= 11 is 0. The number of carbonyl (C=O) groups is 1. The molecule has 0 aliphatic carbocycles. The molecule has 19 heavy (non-hydrogen) atoms. The third-order valence-corrected chi connectivity index (χ3v) is 3.12. The molecule has 0 saturated carbocycles. The molecule has 0 bridgehead atoms. The second-order valence-electron chi connectivity index (χ2n) is 5.16. The Kier molecular flexibility index (Phi) is 10.9. The van der Waals surface area contributed by atoms with Crippen LogP contribution in [-0.4, -0.2) is 32.0 Å². The molecule has 2 atom stereocenters. The Labute approximate surface area is 118 Å². The van der Waals surface area contributed by atoms with Gasteiger partial charge in [0.15, 0.2) is 6.23 Å². The number of rotatable bonds is 11. The van der Waals surface area contributed by atoms with Crippen molar-refractivity contribution in [3.63, 3.8) is 0 Å². The van der Waals surface area contributed by atoms with Crippen LogP contribution in [0.1, 0.15) is 59.8 Å². The molecule has 4 heteroatoms. The summed E-state index contributed by atoms with van der Waals surface area (Å²) in [6, 6.07) is 0. The Bertz CT molecular complexity index is 231. The van der Waals surface area contributed by atoms with Crippen LogP contribution in [0.4, 0.5) is 0 Å². The highest BCUT2D eigenvalue weighted by atomic mass is 16.5. The lowest BCUT2D eigenvalue weighted by molar-refractivity contribution is -0.134. The summed E-state index contributed by atoms with van der Waals surface area (Å²) in [7, 11) is 1.61. The first-order chi connectivity index (χ1) is 9.06. The van der Waals surface area contributed by atoms with E-state index in [0.29, 0.717) is 6.61 Å². The average Bonchev–Trinajstić information content (AvgIpc) is 2.39. The number of hydrogen-bond acceptors (Lipinski definition) is 3. The molecule has 1 amide bonds. The average molecular weight is 273 g/mol. The highest BCUT2D eigenvalue weighted by Gasteiger charge is 2.24. The van der Waals surface area contributed by atoms with E-state index in [1.165, 1.54) is 19.3 Å². The van der Waals surface area contributed by atoms with Gasteiger partial charge in [-0.3, -0.25) is 4.79 Å². The van der Waals surface area contributed by atoms with Gasteiger partial charge in [0.1, 0.15) is 6.10 Å². The van der Waals surface area contributed by atoms with Crippen LogP contribution in [0.3, 0.4) is 0 Å². The van der Waals surface area contributed by atoms with Gasteiger partial charge in [0, 0.05) is 19.6 Å². The van der Waals surface area contributed by atoms with Crippen LogP contribution in [0.2, 0.25) is 0 Å². The van der Waals surface area contributed by atoms with Crippen LogP contribution >= 0.6 is 0 Å². The molecule has 0 aromatic rings. The maximum atomic E-state index is 11.8. The van der Waals surface area contributed by atoms with Gasteiger partial charge in [0.2, 0.25) is 5.91 Å². The van der Waals surface area contributed by atoms with Crippen molar-refractivity contribution in [1.82, 2.24) is 5.32 Å². The second-order valence-corrected chi connectivity index (χ2v) is 5.16. The maximum Gasteiger partial charge on any atom is 0.224 e. The maximum absolute atomic E-state index is 11.8. The van der Waals surface area contributed by atoms with Crippen molar-refractivity contribution < 1.29 is 14.3 Å². The summed E-state index contributed by atoms with van der Waals surface area (Å²) in [5.41, 5.74) is 0. The molecule has 0 rings (SSSR count). The van der Waals surface area contributed by atoms with Crippen LogP contribution in [0.5, 0.6) is 0 Å². The summed E-state index contributed by atoms with van der Waals surface area (Å²) in [5, 5.41) is 2.91. The Morgan fingerprint density at radius 3 is 2.32 bits per heavy atom. The molecule has 0 unspecified atom stereocenters. The van der Waals surface area contributed by atoms with Gasteiger partial charge in [0.25, 0.3) is 0 Å². The predicted molar refractivity (Wildman–Crippen MR) is 78.0 cm³/mol. The normalized spacial score (nSPS) is 14.4. The van der Waals surface area contributed by atoms with Crippen molar-refractivity contribution in [1.29, 1.82) is 0 Å². The molecule has 0 heterocycles. The van der Waals surface area contributed by atoms with E-state index < -0.39 is 0 Å². The highest BCUT2D eigenvalue weighted by Crippen LogP contribution is 2.13. The molecule has 1 N–H and O–H groups in total. The van der Waals surface area contributed by atoms with Crippen LogP contribution in [0.15, 0.2) is 0 Å². The van der Waals surface area contributed by atoms with Crippen LogP contribution in [-0.2, 0) is 14.3 Å². The standard InChI is InChI=1S/C15H31NO3/c1-6-8-9-10-11-13(19-7-2)15(18-5)16-14(17)12(3)4/h12-13,15H,6-11H2,1-5H3,(H,16,17)/t13-,15+/m1/s1. The van der Waals surface area contributed by atoms with Gasteiger partial charge in [-0.25, -0.2) is 0 Å². The van der Waals surface area contributed by atoms with Crippen molar-refractivity contribution in [2.45, 2.75) is 72.1 Å². The Balaban J connectivity index is 4.31. The molecule has 4 nitrogen and oxygen atoms in total. The molecule has 114 valence electrons. The summed E-state index contributed by atoms with van der Waals surface area (Å²) < 4.78 is 11.1. The highest BCUT2D eigenvalue weighted by molar-refractivity contribution is 5.78. The first-order valence-corrected chi connectivity index (χ1v) is 7.51. The number of carbonyl (C=O) groups excluding carboxylic acids is 1. The van der Waals surface area contributed by atoms with Crippen LogP contribution < -0.4 is 5.32 Å². The Hall–Kier alpha value is -0.610. The Morgan fingerprint density at radius 1 is 1.16 bits per heavy atom. The smallest absolute Gasteiger partial charge is 0.224 e. The number of ether oxygens (including phenoxy) is 2. The molecule has 0 aromatic carbocycles. The molecule has 0 fully saturated rings. The van der Waals surface area contributed by atoms with E-state index in [2.05, 4.69) is 12.2 Å². The van der Waals surface area contributed by atoms with Crippen molar-refractivity contribution in [2.24, 2.45) is 5.92 Å². The first-order valence-electron chi connectivity index (χ1n) is 7.51. The van der Waals surface area contributed by atoms with Crippen molar-refractivity contribution in [2.75, 3.05) is 13.7 Å². The zero-order valence-corrected chi connectivity index (χ0v) is 13.2. The summed E-state index contributed by atoms with van der Waals surface area (Å²) in [5.74, 6) is -0.0369. The fourth-order valence-electron chi connectivity index (χ4n) is 1.92. The van der Waals surface area contributed by atoms with Crippen molar-refractivity contribution >= 4 is 5.91 Å². The van der Waals surface area contributed by atoms with Crippen molar-refractivity contribution in [3.05, 3.63) is 0 Å². The number of hydrogen-bond donors (Lipinski definition) is 1. The number of nitrogens with one attached hydrogen (secondary N) is 1. The Morgan fingerprint density at radius 2 is 1.84 bits per heavy atom. The van der Waals surface area contributed by atoms with Gasteiger partial charge in [-0.2, -0.15) is 0 Å². The number of unbranched alkanes of at least 4 members (excludes halogenated alkanes) is 3. The van der Waals surface area contributed by atoms with Gasteiger partial charge in [-0.1, -0.05) is 46.5 Å². The molecule has 0 aliphatic rings. The lowest BCUT2D eigenvalue weighted by Crippen LogP contribution is -2.47. The molecular formula is C15H31NO3. The predicted octanol–water partition coefficient (Wildman–Crippen LogP) is 3.11. The molecule has 0 saturated heterocycles. The largest absolute Gasteiger partial charge is 0.374 e. The topological polar surface area (TPSA) is 47.6 Å². The SMILES string of the molecule is CCCCCC[C@@H](OCC)[C@@H](NC(=O)C(C)C)OC. The molecule has 0 radical (unpaired) electrons. The van der Waals surface area contributed by atoms with Crippen LogP contribution in [0.25, 0.3) is 0 Å². The third-order valence-electron chi connectivity index (χ3n) is 3.12. The van der Waals surface area contributed by atoms with Gasteiger partial charge < -0.3 is 14.8 Å². The minimum Gasteiger partial charge on any atom is -0.374 e. The van der Waals surface area contributed by atoms with Gasteiger partial charge >= 0.3 is 0 Å². The van der Waals surface area contributed by atoms with E-state index in [1.54, 1.807) is 7.11 Å². The quantitative estimate of drug-likeness (QED) is 0.465. The molecule has 0 spiro atoms.